The van der Waals surface area contributed by atoms with Gasteiger partial charge in [0.25, 0.3) is 0 Å². The first-order valence-corrected chi connectivity index (χ1v) is 2.97. The summed E-state index contributed by atoms with van der Waals surface area (Å²) in [6.07, 6.45) is 0.900. The molecule has 0 rings (SSSR count). The first-order valence-electron chi connectivity index (χ1n) is 1.83. The van der Waals surface area contributed by atoms with Crippen LogP contribution in [0.3, 0.4) is 0 Å². The molecule has 0 bridgehead atoms. The highest BCUT2D eigenvalue weighted by molar-refractivity contribution is 6.56. The van der Waals surface area contributed by atoms with Crippen LogP contribution in [0.2, 0.25) is 0 Å². The van der Waals surface area contributed by atoms with Gasteiger partial charge < -0.3 is 0 Å². The largest absolute Gasteiger partial charge is 0.222 e. The average Bonchev–Trinajstić information content (AvgIpc) is 1.21. The zero-order valence-electron chi connectivity index (χ0n) is 4.09. The van der Waals surface area contributed by atoms with E-state index in [1.165, 1.54) is 0 Å². The molecule has 0 amide bonds. The Morgan fingerprint density at radius 3 is 2.00 bits per heavy atom. The predicted octanol–water partition coefficient (Wildman–Crippen LogP) is 3.23. The zero-order chi connectivity index (χ0) is 6.78. The van der Waals surface area contributed by atoms with Gasteiger partial charge in [-0.25, -0.2) is 4.39 Å². The Morgan fingerprint density at radius 1 is 1.62 bits per heavy atom. The van der Waals surface area contributed by atoms with E-state index in [1.54, 1.807) is 0 Å². The van der Waals surface area contributed by atoms with E-state index < -0.39 is 5.13 Å². The lowest BCUT2D eigenvalue weighted by Crippen LogP contribution is -2.00. The summed E-state index contributed by atoms with van der Waals surface area (Å²) in [5.74, 6) is 0. The summed E-state index contributed by atoms with van der Waals surface area (Å²) in [7, 11) is 0. The van der Waals surface area contributed by atoms with Crippen molar-refractivity contribution < 1.29 is 4.39 Å². The molecule has 8 heavy (non-hydrogen) atoms. The lowest BCUT2D eigenvalue weighted by molar-refractivity contribution is 0.376. The van der Waals surface area contributed by atoms with E-state index in [1.807, 2.05) is 0 Å². The highest BCUT2D eigenvalue weighted by atomic mass is 35.5. The highest BCUT2D eigenvalue weighted by Gasteiger charge is 2.14. The van der Waals surface area contributed by atoms with E-state index in [4.69, 9.17) is 34.8 Å². The first-order chi connectivity index (χ1) is 3.42. The Kier molecular flexibility index (Phi) is 3.10. The fraction of sp³-hybridized carbons (Fsp3) is 0.500. The third kappa shape index (κ3) is 6.54. The molecule has 0 saturated heterocycles. The summed E-state index contributed by atoms with van der Waals surface area (Å²) >= 11 is 15.1. The molecule has 0 aromatic heterocycles. The van der Waals surface area contributed by atoms with E-state index in [9.17, 15) is 4.39 Å². The van der Waals surface area contributed by atoms with Crippen molar-refractivity contribution in [3.63, 3.8) is 0 Å². The monoisotopic (exact) mass is 176 g/mol. The van der Waals surface area contributed by atoms with Crippen molar-refractivity contribution in [1.29, 1.82) is 0 Å². The molecule has 0 radical (unpaired) electrons. The summed E-state index contributed by atoms with van der Waals surface area (Å²) < 4.78 is 12.0. The predicted molar refractivity (Wildman–Crippen MR) is 35.2 cm³/mol. The van der Waals surface area contributed by atoms with Crippen molar-refractivity contribution >= 4 is 34.8 Å². The van der Waals surface area contributed by atoms with Crippen molar-refractivity contribution in [2.24, 2.45) is 0 Å². The molecule has 0 fully saturated rings. The van der Waals surface area contributed by atoms with Crippen LogP contribution in [-0.2, 0) is 0 Å². The number of halogens is 4. The molecule has 0 heterocycles. The van der Waals surface area contributed by atoms with Gasteiger partial charge in [0.1, 0.15) is 4.49 Å². The molecule has 1 atom stereocenters. The fourth-order valence-corrected chi connectivity index (χ4v) is 0.822. The molecule has 0 aliphatic heterocycles. The van der Waals surface area contributed by atoms with Gasteiger partial charge in [-0.1, -0.05) is 34.8 Å². The van der Waals surface area contributed by atoms with Gasteiger partial charge in [0.05, 0.1) is 0 Å². The molecule has 0 aromatic carbocycles. The second kappa shape index (κ2) is 2.90. The van der Waals surface area contributed by atoms with Crippen LogP contribution in [0.25, 0.3) is 0 Å². The Hall–Kier alpha value is 0.540. The normalized spacial score (nSPS) is 17.1. The van der Waals surface area contributed by atoms with Gasteiger partial charge in [-0.05, 0) is 13.0 Å². The molecule has 0 N–H and O–H groups in total. The molecule has 4 heteroatoms. The van der Waals surface area contributed by atoms with E-state index in [2.05, 4.69) is 0 Å². The maximum Gasteiger partial charge on any atom is 0.201 e. The summed E-state index contributed by atoms with van der Waals surface area (Å²) in [5.41, 5.74) is 0. The standard InChI is InChI=1S/C4H4Cl3F/c1-4(7,8)2-3(5)6/h2H,1H3. The Balaban J connectivity index is 3.89. The number of hydrogen-bond donors (Lipinski definition) is 0. The summed E-state index contributed by atoms with van der Waals surface area (Å²) in [4.78, 5) is 0. The fourth-order valence-electron chi connectivity index (χ4n) is 0.192. The van der Waals surface area contributed by atoms with Crippen LogP contribution in [0, 0.1) is 0 Å². The molecule has 0 spiro atoms. The molecule has 0 nitrogen and oxygen atoms in total. The second-order valence-electron chi connectivity index (χ2n) is 1.39. The smallest absolute Gasteiger partial charge is 0.201 e. The lowest BCUT2D eigenvalue weighted by atomic mass is 10.4. The maximum absolute atomic E-state index is 12.2. The van der Waals surface area contributed by atoms with Crippen LogP contribution in [0.15, 0.2) is 10.6 Å². The third-order valence-electron chi connectivity index (χ3n) is 0.363. The number of hydrogen-bond acceptors (Lipinski definition) is 0. The van der Waals surface area contributed by atoms with Gasteiger partial charge in [0.2, 0.25) is 5.13 Å². The van der Waals surface area contributed by atoms with Crippen molar-refractivity contribution in [3.8, 4) is 0 Å². The molecular weight excluding hydrogens is 173 g/mol. The summed E-state index contributed by atoms with van der Waals surface area (Å²) in [6.45, 7) is 1.14. The number of alkyl halides is 2. The second-order valence-corrected chi connectivity index (χ2v) is 3.14. The SMILES string of the molecule is CC(F)(Cl)C=C(Cl)Cl. The zero-order valence-corrected chi connectivity index (χ0v) is 6.36. The topological polar surface area (TPSA) is 0 Å². The molecule has 1 unspecified atom stereocenters. The lowest BCUT2D eigenvalue weighted by Gasteiger charge is -2.01. The first kappa shape index (κ1) is 8.54. The van der Waals surface area contributed by atoms with Crippen LogP contribution in [0.4, 0.5) is 4.39 Å². The van der Waals surface area contributed by atoms with Gasteiger partial charge >= 0.3 is 0 Å². The van der Waals surface area contributed by atoms with Gasteiger partial charge in [-0.15, -0.1) is 0 Å². The van der Waals surface area contributed by atoms with E-state index in [0.717, 1.165) is 13.0 Å². The van der Waals surface area contributed by atoms with Gasteiger partial charge in [0, 0.05) is 0 Å². The highest BCUT2D eigenvalue weighted by Crippen LogP contribution is 2.22. The molecule has 0 aliphatic carbocycles. The van der Waals surface area contributed by atoms with Crippen molar-refractivity contribution in [3.05, 3.63) is 10.6 Å². The minimum atomic E-state index is -1.93. The third-order valence-corrected chi connectivity index (χ3v) is 0.690. The van der Waals surface area contributed by atoms with Crippen LogP contribution >= 0.6 is 34.8 Å². The van der Waals surface area contributed by atoms with Crippen molar-refractivity contribution in [2.75, 3.05) is 0 Å². The Morgan fingerprint density at radius 2 is 2.00 bits per heavy atom. The van der Waals surface area contributed by atoms with Crippen molar-refractivity contribution in [2.45, 2.75) is 12.1 Å². The van der Waals surface area contributed by atoms with E-state index >= 15 is 0 Å². The number of rotatable bonds is 1. The number of allylic oxidation sites excluding steroid dienone is 1. The molecule has 0 saturated carbocycles. The van der Waals surface area contributed by atoms with E-state index in [0.29, 0.717) is 0 Å². The van der Waals surface area contributed by atoms with Crippen LogP contribution in [-0.4, -0.2) is 5.13 Å². The van der Waals surface area contributed by atoms with Gasteiger partial charge in [0.15, 0.2) is 0 Å². The Labute approximate surface area is 62.2 Å². The summed E-state index contributed by atoms with van der Waals surface area (Å²) in [5, 5.41) is -1.93. The molecular formula is C4H4Cl3F. The minimum Gasteiger partial charge on any atom is -0.222 e. The van der Waals surface area contributed by atoms with Crippen LogP contribution in [0.1, 0.15) is 6.92 Å². The molecule has 0 aromatic rings. The minimum absolute atomic E-state index is 0.162. The van der Waals surface area contributed by atoms with Gasteiger partial charge in [-0.2, -0.15) is 0 Å². The molecule has 0 aliphatic rings. The average molecular weight is 177 g/mol. The van der Waals surface area contributed by atoms with Crippen LogP contribution in [0.5, 0.6) is 0 Å². The van der Waals surface area contributed by atoms with Crippen LogP contribution < -0.4 is 0 Å². The molecule has 48 valence electrons. The van der Waals surface area contributed by atoms with Gasteiger partial charge in [-0.3, -0.25) is 0 Å². The quantitative estimate of drug-likeness (QED) is 0.540. The van der Waals surface area contributed by atoms with Crippen molar-refractivity contribution in [1.82, 2.24) is 0 Å². The maximum atomic E-state index is 12.2. The van der Waals surface area contributed by atoms with E-state index in [-0.39, 0.29) is 4.49 Å². The summed E-state index contributed by atoms with van der Waals surface area (Å²) in [6, 6.07) is 0. The Bertz CT molecular complexity index is 98.3.